The van der Waals surface area contributed by atoms with E-state index in [0.29, 0.717) is 18.4 Å². The molecule has 0 aromatic carbocycles. The van der Waals surface area contributed by atoms with E-state index >= 15 is 0 Å². The predicted octanol–water partition coefficient (Wildman–Crippen LogP) is 2.90. The van der Waals surface area contributed by atoms with E-state index < -0.39 is 0 Å². The Bertz CT molecular complexity index is 338. The lowest BCUT2D eigenvalue weighted by Crippen LogP contribution is -2.44. The smallest absolute Gasteiger partial charge is 0.306 e. The Labute approximate surface area is 121 Å². The number of rotatable bonds is 4. The average Bonchev–Trinajstić information content (AvgIpc) is 2.47. The monoisotopic (exact) mass is 281 g/mol. The highest BCUT2D eigenvalue weighted by molar-refractivity contribution is 5.81. The predicted molar refractivity (Wildman–Crippen MR) is 77.2 cm³/mol. The molecule has 4 heteroatoms. The second kappa shape index (κ2) is 7.09. The average molecular weight is 281 g/mol. The second-order valence-electron chi connectivity index (χ2n) is 6.25. The minimum atomic E-state index is -0.262. The first kappa shape index (κ1) is 15.3. The molecular weight excluding hydrogens is 254 g/mol. The molecule has 4 nitrogen and oxygen atoms in total. The van der Waals surface area contributed by atoms with Crippen LogP contribution in [-0.2, 0) is 14.3 Å². The third-order valence-electron chi connectivity index (χ3n) is 4.94. The summed E-state index contributed by atoms with van der Waals surface area (Å²) >= 11 is 0. The van der Waals surface area contributed by atoms with Gasteiger partial charge in [0, 0.05) is 19.5 Å². The number of ether oxygens (including phenoxy) is 1. The molecule has 0 atom stereocenters. The third-order valence-corrected chi connectivity index (χ3v) is 4.94. The minimum absolute atomic E-state index is 0.115. The number of carbonyl (C=O) groups is 2. The van der Waals surface area contributed by atoms with E-state index in [0.717, 1.165) is 25.9 Å². The van der Waals surface area contributed by atoms with Gasteiger partial charge in [0.15, 0.2) is 0 Å². The second-order valence-corrected chi connectivity index (χ2v) is 6.25. The molecule has 1 heterocycles. The van der Waals surface area contributed by atoms with Crippen LogP contribution in [0.25, 0.3) is 0 Å². The Morgan fingerprint density at radius 2 is 1.65 bits per heavy atom. The summed E-state index contributed by atoms with van der Waals surface area (Å²) in [5.41, 5.74) is 0.524. The van der Waals surface area contributed by atoms with Gasteiger partial charge in [-0.15, -0.1) is 0 Å². The summed E-state index contributed by atoms with van der Waals surface area (Å²) < 4.78 is 4.86. The lowest BCUT2D eigenvalue weighted by molar-refractivity contribution is -0.146. The fraction of sp³-hybridized carbons (Fsp3) is 0.875. The van der Waals surface area contributed by atoms with Crippen LogP contribution in [0.5, 0.6) is 0 Å². The zero-order valence-corrected chi connectivity index (χ0v) is 12.7. The fourth-order valence-corrected chi connectivity index (χ4v) is 3.63. The molecule has 1 saturated carbocycles. The minimum Gasteiger partial charge on any atom is -0.466 e. The van der Waals surface area contributed by atoms with Crippen LogP contribution in [-0.4, -0.2) is 36.5 Å². The first-order chi connectivity index (χ1) is 9.65. The lowest BCUT2D eigenvalue weighted by Gasteiger charge is -2.44. The number of nitrogens with zero attached hydrogens (tertiary/aromatic N) is 1. The molecule has 0 N–H and O–H groups in total. The summed E-state index contributed by atoms with van der Waals surface area (Å²) in [5.74, 6) is -0.148. The normalized spacial score (nSPS) is 21.8. The van der Waals surface area contributed by atoms with Crippen LogP contribution >= 0.6 is 0 Å². The molecule has 2 aliphatic rings. The molecule has 1 aliphatic carbocycles. The Hall–Kier alpha value is -1.06. The van der Waals surface area contributed by atoms with Gasteiger partial charge in [0.25, 0.3) is 0 Å². The zero-order chi connectivity index (χ0) is 14.4. The van der Waals surface area contributed by atoms with E-state index in [1.165, 1.54) is 32.1 Å². The summed E-state index contributed by atoms with van der Waals surface area (Å²) in [4.78, 5) is 25.3. The van der Waals surface area contributed by atoms with Crippen LogP contribution < -0.4 is 0 Å². The van der Waals surface area contributed by atoms with Crippen molar-refractivity contribution < 1.29 is 14.3 Å². The highest BCUT2D eigenvalue weighted by atomic mass is 16.5. The molecule has 114 valence electrons. The van der Waals surface area contributed by atoms with Crippen LogP contribution in [0.2, 0.25) is 0 Å². The van der Waals surface area contributed by atoms with E-state index in [-0.39, 0.29) is 18.3 Å². The molecule has 1 spiro atoms. The van der Waals surface area contributed by atoms with E-state index in [9.17, 15) is 9.59 Å². The summed E-state index contributed by atoms with van der Waals surface area (Å²) in [6.07, 6.45) is 9.60. The molecular formula is C16H27NO3. The quantitative estimate of drug-likeness (QED) is 0.744. The number of likely N-dealkylation sites (tertiary alicyclic amines) is 1. The standard InChI is InChI=1S/C16H27NO3/c1-2-20-15(19)7-6-14(18)17-12-10-16(11-13-17)8-4-3-5-9-16/h2-13H2,1H3. The highest BCUT2D eigenvalue weighted by Crippen LogP contribution is 2.44. The summed E-state index contributed by atoms with van der Waals surface area (Å²) in [6, 6.07) is 0. The van der Waals surface area contributed by atoms with Crippen molar-refractivity contribution in [1.29, 1.82) is 0 Å². The molecule has 0 unspecified atom stereocenters. The Balaban J connectivity index is 1.72. The van der Waals surface area contributed by atoms with Gasteiger partial charge in [0.1, 0.15) is 0 Å². The van der Waals surface area contributed by atoms with Gasteiger partial charge in [-0.1, -0.05) is 19.3 Å². The fourth-order valence-electron chi connectivity index (χ4n) is 3.63. The molecule has 0 aromatic rings. The van der Waals surface area contributed by atoms with Crippen LogP contribution in [0, 0.1) is 5.41 Å². The topological polar surface area (TPSA) is 46.6 Å². The van der Waals surface area contributed by atoms with Gasteiger partial charge in [-0.05, 0) is 38.0 Å². The van der Waals surface area contributed by atoms with Crippen LogP contribution in [0.3, 0.4) is 0 Å². The van der Waals surface area contributed by atoms with Crippen molar-refractivity contribution in [2.75, 3.05) is 19.7 Å². The molecule has 0 radical (unpaired) electrons. The number of hydrogen-bond donors (Lipinski definition) is 0. The Morgan fingerprint density at radius 1 is 1.00 bits per heavy atom. The number of piperidine rings is 1. The van der Waals surface area contributed by atoms with E-state index in [1.54, 1.807) is 6.92 Å². The Morgan fingerprint density at radius 3 is 2.25 bits per heavy atom. The maximum atomic E-state index is 12.1. The van der Waals surface area contributed by atoms with Crippen LogP contribution in [0.4, 0.5) is 0 Å². The molecule has 0 bridgehead atoms. The first-order valence-electron chi connectivity index (χ1n) is 8.09. The van der Waals surface area contributed by atoms with Crippen LogP contribution in [0.15, 0.2) is 0 Å². The Kier molecular flexibility index (Phi) is 5.44. The van der Waals surface area contributed by atoms with Gasteiger partial charge in [-0.3, -0.25) is 9.59 Å². The summed E-state index contributed by atoms with van der Waals surface area (Å²) in [5, 5.41) is 0. The molecule has 2 fully saturated rings. The zero-order valence-electron chi connectivity index (χ0n) is 12.7. The van der Waals surface area contributed by atoms with Crippen molar-refractivity contribution >= 4 is 11.9 Å². The van der Waals surface area contributed by atoms with Gasteiger partial charge >= 0.3 is 5.97 Å². The molecule has 20 heavy (non-hydrogen) atoms. The van der Waals surface area contributed by atoms with Gasteiger partial charge < -0.3 is 9.64 Å². The van der Waals surface area contributed by atoms with Gasteiger partial charge in [-0.25, -0.2) is 0 Å². The van der Waals surface area contributed by atoms with Crippen molar-refractivity contribution in [3.63, 3.8) is 0 Å². The highest BCUT2D eigenvalue weighted by Gasteiger charge is 2.36. The molecule has 0 aromatic heterocycles. The van der Waals surface area contributed by atoms with E-state index in [2.05, 4.69) is 0 Å². The maximum Gasteiger partial charge on any atom is 0.306 e. The number of esters is 1. The summed E-state index contributed by atoms with van der Waals surface area (Å²) in [7, 11) is 0. The largest absolute Gasteiger partial charge is 0.466 e. The number of hydrogen-bond acceptors (Lipinski definition) is 3. The summed E-state index contributed by atoms with van der Waals surface area (Å²) in [6.45, 7) is 3.93. The SMILES string of the molecule is CCOC(=O)CCC(=O)N1CCC2(CCCCC2)CC1. The molecule has 1 saturated heterocycles. The first-order valence-corrected chi connectivity index (χ1v) is 8.09. The molecule has 1 aliphatic heterocycles. The van der Waals surface area contributed by atoms with Crippen molar-refractivity contribution in [2.24, 2.45) is 5.41 Å². The number of amides is 1. The number of carbonyl (C=O) groups excluding carboxylic acids is 2. The van der Waals surface area contributed by atoms with Crippen LogP contribution in [0.1, 0.15) is 64.7 Å². The van der Waals surface area contributed by atoms with Gasteiger partial charge in [0.2, 0.25) is 5.91 Å². The van der Waals surface area contributed by atoms with Crippen molar-refractivity contribution in [2.45, 2.75) is 64.7 Å². The van der Waals surface area contributed by atoms with Gasteiger partial charge in [0.05, 0.1) is 13.0 Å². The van der Waals surface area contributed by atoms with E-state index in [4.69, 9.17) is 4.74 Å². The van der Waals surface area contributed by atoms with Crippen molar-refractivity contribution in [3.8, 4) is 0 Å². The lowest BCUT2D eigenvalue weighted by atomic mass is 9.68. The maximum absolute atomic E-state index is 12.1. The third kappa shape index (κ3) is 3.97. The van der Waals surface area contributed by atoms with Crippen molar-refractivity contribution in [1.82, 2.24) is 4.90 Å². The molecule has 2 rings (SSSR count). The van der Waals surface area contributed by atoms with Crippen molar-refractivity contribution in [3.05, 3.63) is 0 Å². The molecule has 1 amide bonds. The van der Waals surface area contributed by atoms with Gasteiger partial charge in [-0.2, -0.15) is 0 Å². The van der Waals surface area contributed by atoms with E-state index in [1.807, 2.05) is 4.90 Å².